The number of carbonyl (C=O) groups is 1. The van der Waals surface area contributed by atoms with Gasteiger partial charge in [0.25, 0.3) is 0 Å². The molecule has 78 valence electrons. The summed E-state index contributed by atoms with van der Waals surface area (Å²) in [6.45, 7) is 2.12. The normalized spacial score (nSPS) is 12.5. The van der Waals surface area contributed by atoms with Crippen LogP contribution in [0.4, 0.5) is 0 Å². The third-order valence-electron chi connectivity index (χ3n) is 1.94. The minimum atomic E-state index is -0.606. The lowest BCUT2D eigenvalue weighted by atomic mass is 10.2. The van der Waals surface area contributed by atoms with Gasteiger partial charge in [-0.3, -0.25) is 9.48 Å². The Morgan fingerprint density at radius 1 is 1.79 bits per heavy atom. The van der Waals surface area contributed by atoms with E-state index in [2.05, 4.69) is 5.10 Å². The highest BCUT2D eigenvalue weighted by Crippen LogP contribution is 2.01. The molecule has 1 rings (SSSR count). The molecule has 1 atom stereocenters. The molecule has 0 saturated heterocycles. The highest BCUT2D eigenvalue weighted by atomic mass is 16.5. The molecule has 0 aromatic carbocycles. The largest absolute Gasteiger partial charge is 0.465 e. The molecule has 1 aromatic heterocycles. The van der Waals surface area contributed by atoms with Crippen LogP contribution in [0.15, 0.2) is 12.3 Å². The van der Waals surface area contributed by atoms with E-state index in [1.807, 2.05) is 13.1 Å². The van der Waals surface area contributed by atoms with E-state index in [0.29, 0.717) is 13.0 Å². The Hall–Kier alpha value is -1.36. The molecule has 14 heavy (non-hydrogen) atoms. The summed E-state index contributed by atoms with van der Waals surface area (Å²) in [6, 6.07) is 1.23. The number of aromatic nitrogens is 2. The average Bonchev–Trinajstić information content (AvgIpc) is 2.52. The highest BCUT2D eigenvalue weighted by Gasteiger charge is 2.16. The lowest BCUT2D eigenvalue weighted by molar-refractivity contribution is -0.144. The molecule has 0 aliphatic rings. The smallest absolute Gasteiger partial charge is 0.323 e. The molecule has 1 unspecified atom stereocenters. The van der Waals surface area contributed by atoms with Crippen molar-refractivity contribution in [2.24, 2.45) is 12.8 Å². The predicted octanol–water partition coefficient (Wildman–Crippen LogP) is -0.147. The molecule has 2 N–H and O–H groups in total. The quantitative estimate of drug-likeness (QED) is 0.682. The van der Waals surface area contributed by atoms with Crippen molar-refractivity contribution in [1.82, 2.24) is 9.78 Å². The van der Waals surface area contributed by atoms with Crippen molar-refractivity contribution in [2.45, 2.75) is 19.4 Å². The van der Waals surface area contributed by atoms with Gasteiger partial charge in [-0.25, -0.2) is 0 Å². The average molecular weight is 197 g/mol. The minimum Gasteiger partial charge on any atom is -0.465 e. The molecular weight excluding hydrogens is 182 g/mol. The lowest BCUT2D eigenvalue weighted by Crippen LogP contribution is -2.34. The molecule has 0 amide bonds. The van der Waals surface area contributed by atoms with Crippen LogP contribution in [-0.2, 0) is 23.0 Å². The van der Waals surface area contributed by atoms with E-state index in [1.165, 1.54) is 0 Å². The third-order valence-corrected chi connectivity index (χ3v) is 1.94. The number of nitrogens with two attached hydrogens (primary N) is 1. The molecule has 1 heterocycles. The maximum Gasteiger partial charge on any atom is 0.323 e. The number of rotatable bonds is 4. The van der Waals surface area contributed by atoms with Gasteiger partial charge in [0.05, 0.1) is 6.61 Å². The zero-order chi connectivity index (χ0) is 10.6. The Bertz CT molecular complexity index is 309. The Labute approximate surface area is 82.8 Å². The van der Waals surface area contributed by atoms with Crippen molar-refractivity contribution < 1.29 is 9.53 Å². The van der Waals surface area contributed by atoms with Crippen molar-refractivity contribution in [3.63, 3.8) is 0 Å². The monoisotopic (exact) mass is 197 g/mol. The summed E-state index contributed by atoms with van der Waals surface area (Å²) in [6.07, 6.45) is 2.13. The van der Waals surface area contributed by atoms with Crippen LogP contribution < -0.4 is 5.73 Å². The summed E-state index contributed by atoms with van der Waals surface area (Å²) in [7, 11) is 1.81. The fourth-order valence-corrected chi connectivity index (χ4v) is 1.16. The van der Waals surface area contributed by atoms with Crippen molar-refractivity contribution in [1.29, 1.82) is 0 Å². The first-order chi connectivity index (χ1) is 6.65. The Morgan fingerprint density at radius 3 is 3.00 bits per heavy atom. The Morgan fingerprint density at radius 2 is 2.50 bits per heavy atom. The second-order valence-electron chi connectivity index (χ2n) is 3.01. The van der Waals surface area contributed by atoms with Crippen LogP contribution in [0.1, 0.15) is 12.6 Å². The van der Waals surface area contributed by atoms with E-state index >= 15 is 0 Å². The fraction of sp³-hybridized carbons (Fsp3) is 0.556. The van der Waals surface area contributed by atoms with E-state index in [1.54, 1.807) is 17.8 Å². The molecule has 5 nitrogen and oxygen atoms in total. The van der Waals surface area contributed by atoms with E-state index in [9.17, 15) is 4.79 Å². The van der Waals surface area contributed by atoms with Crippen LogP contribution in [0.25, 0.3) is 0 Å². The third kappa shape index (κ3) is 2.56. The molecule has 1 aromatic rings. The second kappa shape index (κ2) is 4.76. The van der Waals surface area contributed by atoms with Crippen LogP contribution in [0.2, 0.25) is 0 Å². The van der Waals surface area contributed by atoms with Gasteiger partial charge in [-0.05, 0) is 13.0 Å². The highest BCUT2D eigenvalue weighted by molar-refractivity contribution is 5.75. The predicted molar refractivity (Wildman–Crippen MR) is 51.5 cm³/mol. The summed E-state index contributed by atoms with van der Waals surface area (Å²) < 4.78 is 6.49. The summed E-state index contributed by atoms with van der Waals surface area (Å²) in [5.74, 6) is -0.367. The van der Waals surface area contributed by atoms with Gasteiger partial charge in [0, 0.05) is 25.4 Å². The van der Waals surface area contributed by atoms with Gasteiger partial charge in [0.2, 0.25) is 0 Å². The van der Waals surface area contributed by atoms with Gasteiger partial charge in [-0.1, -0.05) is 0 Å². The Kier molecular flexibility index (Phi) is 3.64. The van der Waals surface area contributed by atoms with Crippen molar-refractivity contribution >= 4 is 5.97 Å². The number of hydrogen-bond donors (Lipinski definition) is 1. The number of ether oxygens (including phenoxy) is 1. The molecular formula is C9H15N3O2. The lowest BCUT2D eigenvalue weighted by Gasteiger charge is -2.10. The van der Waals surface area contributed by atoms with E-state index < -0.39 is 6.04 Å². The number of esters is 1. The summed E-state index contributed by atoms with van der Waals surface area (Å²) in [4.78, 5) is 11.2. The van der Waals surface area contributed by atoms with Crippen molar-refractivity contribution in [3.05, 3.63) is 18.0 Å². The summed E-state index contributed by atoms with van der Waals surface area (Å²) in [5.41, 5.74) is 6.57. The van der Waals surface area contributed by atoms with Gasteiger partial charge < -0.3 is 10.5 Å². The van der Waals surface area contributed by atoms with Crippen LogP contribution in [0, 0.1) is 0 Å². The Balaban J connectivity index is 2.52. The molecule has 0 fully saturated rings. The first-order valence-electron chi connectivity index (χ1n) is 4.54. The number of hydrogen-bond acceptors (Lipinski definition) is 4. The molecule has 5 heteroatoms. The minimum absolute atomic E-state index is 0.359. The number of aryl methyl sites for hydroxylation is 1. The van der Waals surface area contributed by atoms with Gasteiger partial charge in [-0.15, -0.1) is 0 Å². The maximum absolute atomic E-state index is 11.2. The molecule has 0 aliphatic heterocycles. The number of carbonyl (C=O) groups excluding carboxylic acids is 1. The fourth-order valence-electron chi connectivity index (χ4n) is 1.16. The second-order valence-corrected chi connectivity index (χ2v) is 3.01. The van der Waals surface area contributed by atoms with Gasteiger partial charge in [-0.2, -0.15) is 5.10 Å². The summed E-state index contributed by atoms with van der Waals surface area (Å²) >= 11 is 0. The molecule has 0 radical (unpaired) electrons. The van der Waals surface area contributed by atoms with Crippen LogP contribution in [0.3, 0.4) is 0 Å². The topological polar surface area (TPSA) is 70.1 Å². The van der Waals surface area contributed by atoms with E-state index in [-0.39, 0.29) is 5.97 Å². The molecule has 0 aliphatic carbocycles. The zero-order valence-corrected chi connectivity index (χ0v) is 8.43. The number of nitrogens with zero attached hydrogens (tertiary/aromatic N) is 2. The van der Waals surface area contributed by atoms with Gasteiger partial charge in [0.15, 0.2) is 0 Å². The van der Waals surface area contributed by atoms with Crippen molar-refractivity contribution in [2.75, 3.05) is 6.61 Å². The van der Waals surface area contributed by atoms with Crippen LogP contribution in [0.5, 0.6) is 0 Å². The van der Waals surface area contributed by atoms with Crippen molar-refractivity contribution in [3.8, 4) is 0 Å². The summed E-state index contributed by atoms with van der Waals surface area (Å²) in [5, 5.41) is 3.98. The molecule has 0 bridgehead atoms. The first-order valence-corrected chi connectivity index (χ1v) is 4.54. The molecule has 0 saturated carbocycles. The van der Waals surface area contributed by atoms with E-state index in [0.717, 1.165) is 5.69 Å². The first kappa shape index (κ1) is 10.7. The van der Waals surface area contributed by atoms with Crippen LogP contribution >= 0.6 is 0 Å². The van der Waals surface area contributed by atoms with Gasteiger partial charge in [0.1, 0.15) is 6.04 Å². The molecule has 0 spiro atoms. The SMILES string of the molecule is CCOC(=O)C(N)Cc1ccnn1C. The zero-order valence-electron chi connectivity index (χ0n) is 8.43. The van der Waals surface area contributed by atoms with E-state index in [4.69, 9.17) is 10.5 Å². The maximum atomic E-state index is 11.2. The van der Waals surface area contributed by atoms with Gasteiger partial charge >= 0.3 is 5.97 Å². The van der Waals surface area contributed by atoms with Crippen LogP contribution in [-0.4, -0.2) is 28.4 Å². The standard InChI is InChI=1S/C9H15N3O2/c1-3-14-9(13)8(10)6-7-4-5-11-12(7)2/h4-5,8H,3,6,10H2,1-2H3.